The molecule has 1 saturated heterocycles. The van der Waals surface area contributed by atoms with Crippen molar-refractivity contribution in [2.45, 2.75) is 39.8 Å². The van der Waals surface area contributed by atoms with Gasteiger partial charge in [0.2, 0.25) is 0 Å². The molecule has 0 saturated carbocycles. The van der Waals surface area contributed by atoms with Crippen LogP contribution in [0.3, 0.4) is 0 Å². The molecule has 1 aromatic heterocycles. The van der Waals surface area contributed by atoms with Crippen molar-refractivity contribution in [2.75, 3.05) is 19.6 Å². The maximum atomic E-state index is 4.47. The van der Waals surface area contributed by atoms with E-state index in [1.54, 1.807) is 0 Å². The highest BCUT2D eigenvalue weighted by Gasteiger charge is 2.22. The van der Waals surface area contributed by atoms with Gasteiger partial charge in [-0.1, -0.05) is 13.8 Å². The third kappa shape index (κ3) is 4.03. The fourth-order valence-corrected chi connectivity index (χ4v) is 2.45. The van der Waals surface area contributed by atoms with Gasteiger partial charge in [-0.05, 0) is 38.4 Å². The molecule has 0 aromatic carbocycles. The van der Waals surface area contributed by atoms with Gasteiger partial charge < -0.3 is 5.32 Å². The molecular formula is C14H24N4. The van der Waals surface area contributed by atoms with Crippen LogP contribution in [0.15, 0.2) is 12.3 Å². The molecule has 1 fully saturated rings. The summed E-state index contributed by atoms with van der Waals surface area (Å²) in [6.07, 6.45) is 3.15. The van der Waals surface area contributed by atoms with Crippen molar-refractivity contribution in [1.29, 1.82) is 0 Å². The van der Waals surface area contributed by atoms with E-state index in [9.17, 15) is 0 Å². The van der Waals surface area contributed by atoms with Gasteiger partial charge in [-0.25, -0.2) is 9.97 Å². The lowest BCUT2D eigenvalue weighted by molar-refractivity contribution is 0.308. The van der Waals surface area contributed by atoms with Gasteiger partial charge in [0.1, 0.15) is 5.82 Å². The zero-order valence-corrected chi connectivity index (χ0v) is 11.7. The summed E-state index contributed by atoms with van der Waals surface area (Å²) in [5.74, 6) is 1.65. The van der Waals surface area contributed by atoms with E-state index in [0.29, 0.717) is 6.04 Å². The van der Waals surface area contributed by atoms with Crippen molar-refractivity contribution in [3.8, 4) is 0 Å². The summed E-state index contributed by atoms with van der Waals surface area (Å²) in [7, 11) is 0. The Morgan fingerprint density at radius 1 is 1.50 bits per heavy atom. The molecule has 100 valence electrons. The number of hydrogen-bond acceptors (Lipinski definition) is 4. The number of nitrogens with zero attached hydrogens (tertiary/aromatic N) is 3. The summed E-state index contributed by atoms with van der Waals surface area (Å²) >= 11 is 0. The van der Waals surface area contributed by atoms with Gasteiger partial charge in [0.15, 0.2) is 0 Å². The maximum absolute atomic E-state index is 4.47. The molecule has 0 radical (unpaired) electrons. The predicted octanol–water partition coefficient (Wildman–Crippen LogP) is 1.60. The highest BCUT2D eigenvalue weighted by molar-refractivity contribution is 5.02. The van der Waals surface area contributed by atoms with Crippen molar-refractivity contribution in [3.05, 3.63) is 23.8 Å². The van der Waals surface area contributed by atoms with Crippen molar-refractivity contribution in [1.82, 2.24) is 20.2 Å². The van der Waals surface area contributed by atoms with Crippen LogP contribution in [0.1, 0.15) is 31.8 Å². The Labute approximate surface area is 110 Å². The third-order valence-electron chi connectivity index (χ3n) is 3.40. The summed E-state index contributed by atoms with van der Waals surface area (Å²) in [4.78, 5) is 11.1. The molecule has 0 amide bonds. The third-order valence-corrected chi connectivity index (χ3v) is 3.40. The largest absolute Gasteiger partial charge is 0.314 e. The lowest BCUT2D eigenvalue weighted by atomic mass is 10.1. The topological polar surface area (TPSA) is 41.1 Å². The fourth-order valence-electron chi connectivity index (χ4n) is 2.45. The quantitative estimate of drug-likeness (QED) is 0.859. The number of hydrogen-bond donors (Lipinski definition) is 1. The van der Waals surface area contributed by atoms with Gasteiger partial charge >= 0.3 is 0 Å². The molecule has 0 bridgehead atoms. The summed E-state index contributed by atoms with van der Waals surface area (Å²) in [5.41, 5.74) is 1.14. The zero-order chi connectivity index (χ0) is 13.0. The number of aryl methyl sites for hydroxylation is 1. The molecule has 1 N–H and O–H groups in total. The van der Waals surface area contributed by atoms with Crippen molar-refractivity contribution in [2.24, 2.45) is 5.92 Å². The van der Waals surface area contributed by atoms with Crippen LogP contribution in [0.5, 0.6) is 0 Å². The molecular weight excluding hydrogens is 224 g/mol. The Kier molecular flexibility index (Phi) is 4.66. The molecule has 18 heavy (non-hydrogen) atoms. The SMILES string of the molecule is Cc1nccc(CN2CCC(CNC(C)C)C2)n1. The molecule has 1 unspecified atom stereocenters. The van der Waals surface area contributed by atoms with E-state index in [4.69, 9.17) is 0 Å². The summed E-state index contributed by atoms with van der Waals surface area (Å²) in [5, 5.41) is 3.53. The maximum Gasteiger partial charge on any atom is 0.125 e. The van der Waals surface area contributed by atoms with Crippen LogP contribution < -0.4 is 5.32 Å². The van der Waals surface area contributed by atoms with Crippen LogP contribution in [0.4, 0.5) is 0 Å². The van der Waals surface area contributed by atoms with E-state index in [0.717, 1.165) is 30.5 Å². The van der Waals surface area contributed by atoms with Crippen molar-refractivity contribution < 1.29 is 0 Å². The normalized spacial score (nSPS) is 20.8. The van der Waals surface area contributed by atoms with E-state index in [1.165, 1.54) is 19.5 Å². The standard InChI is InChI=1S/C14H24N4/c1-11(2)16-8-13-5-7-18(9-13)10-14-4-6-15-12(3)17-14/h4,6,11,13,16H,5,7-10H2,1-3H3. The lowest BCUT2D eigenvalue weighted by Gasteiger charge is -2.16. The van der Waals surface area contributed by atoms with Crippen molar-refractivity contribution in [3.63, 3.8) is 0 Å². The zero-order valence-electron chi connectivity index (χ0n) is 11.7. The van der Waals surface area contributed by atoms with E-state index in [2.05, 4.69) is 34.0 Å². The Bertz CT molecular complexity index is 378. The number of aromatic nitrogens is 2. The second-order valence-corrected chi connectivity index (χ2v) is 5.55. The molecule has 0 aliphatic carbocycles. The molecule has 4 heteroatoms. The Hall–Kier alpha value is -1.00. The number of nitrogens with one attached hydrogen (secondary N) is 1. The Balaban J connectivity index is 1.79. The second-order valence-electron chi connectivity index (χ2n) is 5.55. The summed E-state index contributed by atoms with van der Waals surface area (Å²) in [6.45, 7) is 10.8. The first-order valence-corrected chi connectivity index (χ1v) is 6.87. The van der Waals surface area contributed by atoms with Crippen molar-refractivity contribution >= 4 is 0 Å². The van der Waals surface area contributed by atoms with Crippen LogP contribution in [0.2, 0.25) is 0 Å². The highest BCUT2D eigenvalue weighted by Crippen LogP contribution is 2.17. The van der Waals surface area contributed by atoms with E-state index in [1.807, 2.05) is 19.2 Å². The van der Waals surface area contributed by atoms with E-state index in [-0.39, 0.29) is 0 Å². The van der Waals surface area contributed by atoms with Crippen LogP contribution in [-0.2, 0) is 6.54 Å². The van der Waals surface area contributed by atoms with Crippen LogP contribution in [-0.4, -0.2) is 40.5 Å². The summed E-state index contributed by atoms with van der Waals surface area (Å²) < 4.78 is 0. The Morgan fingerprint density at radius 3 is 3.06 bits per heavy atom. The molecule has 0 spiro atoms. The first-order valence-electron chi connectivity index (χ1n) is 6.87. The molecule has 2 heterocycles. The van der Waals surface area contributed by atoms with Gasteiger partial charge in [-0.2, -0.15) is 0 Å². The summed E-state index contributed by atoms with van der Waals surface area (Å²) in [6, 6.07) is 2.61. The van der Waals surface area contributed by atoms with Gasteiger partial charge in [0.25, 0.3) is 0 Å². The number of rotatable bonds is 5. The first kappa shape index (κ1) is 13.4. The minimum Gasteiger partial charge on any atom is -0.314 e. The van der Waals surface area contributed by atoms with Gasteiger partial charge in [0.05, 0.1) is 5.69 Å². The van der Waals surface area contributed by atoms with Crippen LogP contribution in [0, 0.1) is 12.8 Å². The monoisotopic (exact) mass is 248 g/mol. The molecule has 1 atom stereocenters. The number of likely N-dealkylation sites (tertiary alicyclic amines) is 1. The average molecular weight is 248 g/mol. The van der Waals surface area contributed by atoms with E-state index < -0.39 is 0 Å². The highest BCUT2D eigenvalue weighted by atomic mass is 15.2. The van der Waals surface area contributed by atoms with Gasteiger partial charge in [-0.15, -0.1) is 0 Å². The van der Waals surface area contributed by atoms with E-state index >= 15 is 0 Å². The molecule has 2 rings (SSSR count). The minimum atomic E-state index is 0.587. The fraction of sp³-hybridized carbons (Fsp3) is 0.714. The predicted molar refractivity (Wildman–Crippen MR) is 73.3 cm³/mol. The van der Waals surface area contributed by atoms with Crippen LogP contribution in [0.25, 0.3) is 0 Å². The first-order chi connectivity index (χ1) is 8.63. The average Bonchev–Trinajstić information content (AvgIpc) is 2.74. The van der Waals surface area contributed by atoms with Gasteiger partial charge in [0, 0.05) is 25.3 Å². The molecule has 4 nitrogen and oxygen atoms in total. The lowest BCUT2D eigenvalue weighted by Crippen LogP contribution is -2.30. The minimum absolute atomic E-state index is 0.587. The van der Waals surface area contributed by atoms with Crippen LogP contribution >= 0.6 is 0 Å². The molecule has 1 aliphatic heterocycles. The second kappa shape index (κ2) is 6.25. The Morgan fingerprint density at radius 2 is 2.33 bits per heavy atom. The smallest absolute Gasteiger partial charge is 0.125 e. The van der Waals surface area contributed by atoms with Gasteiger partial charge in [-0.3, -0.25) is 4.90 Å². The molecule has 1 aromatic rings. The molecule has 1 aliphatic rings.